The molecule has 1 aromatic heterocycles. The van der Waals surface area contributed by atoms with Crippen molar-refractivity contribution in [1.82, 2.24) is 0 Å². The standard InChI is InChI=1S/C23H20O4/c1-3-8-18-20(13-11-16-9-6-5-7-10-16)27-21-14-12-17(23(25)26-4-2)15-19(21)22(18)24/h3,5-7,9-15H,1,4,8H2,2H3/b13-11+. The summed E-state index contributed by atoms with van der Waals surface area (Å²) in [6.45, 7) is 5.74. The Hall–Kier alpha value is -3.40. The van der Waals surface area contributed by atoms with E-state index >= 15 is 0 Å². The first kappa shape index (κ1) is 18.4. The number of hydrogen-bond donors (Lipinski definition) is 0. The highest BCUT2D eigenvalue weighted by Crippen LogP contribution is 2.20. The maximum atomic E-state index is 13.0. The third-order valence-electron chi connectivity index (χ3n) is 4.10. The Morgan fingerprint density at radius 2 is 1.93 bits per heavy atom. The van der Waals surface area contributed by atoms with Crippen molar-refractivity contribution in [2.24, 2.45) is 0 Å². The number of hydrogen-bond acceptors (Lipinski definition) is 4. The molecule has 27 heavy (non-hydrogen) atoms. The molecule has 2 aromatic carbocycles. The van der Waals surface area contributed by atoms with E-state index in [1.54, 1.807) is 31.2 Å². The summed E-state index contributed by atoms with van der Waals surface area (Å²) in [5, 5.41) is 0.356. The second-order valence-corrected chi connectivity index (χ2v) is 5.94. The number of ether oxygens (including phenoxy) is 1. The van der Waals surface area contributed by atoms with Crippen LogP contribution < -0.4 is 5.43 Å². The molecule has 3 aromatic rings. The van der Waals surface area contributed by atoms with Gasteiger partial charge in [-0.15, -0.1) is 6.58 Å². The number of rotatable bonds is 6. The highest BCUT2D eigenvalue weighted by Gasteiger charge is 2.14. The fraction of sp³-hybridized carbons (Fsp3) is 0.130. The molecule has 4 heteroatoms. The van der Waals surface area contributed by atoms with Crippen molar-refractivity contribution in [2.75, 3.05) is 6.61 Å². The van der Waals surface area contributed by atoms with Crippen molar-refractivity contribution < 1.29 is 13.9 Å². The fourth-order valence-electron chi connectivity index (χ4n) is 2.80. The lowest BCUT2D eigenvalue weighted by molar-refractivity contribution is 0.0526. The molecule has 0 saturated heterocycles. The van der Waals surface area contributed by atoms with Crippen molar-refractivity contribution in [1.29, 1.82) is 0 Å². The highest BCUT2D eigenvalue weighted by atomic mass is 16.5. The van der Waals surface area contributed by atoms with Gasteiger partial charge < -0.3 is 9.15 Å². The van der Waals surface area contributed by atoms with Crippen molar-refractivity contribution in [3.63, 3.8) is 0 Å². The summed E-state index contributed by atoms with van der Waals surface area (Å²) in [4.78, 5) is 24.9. The average molecular weight is 360 g/mol. The molecular weight excluding hydrogens is 340 g/mol. The zero-order valence-electron chi connectivity index (χ0n) is 15.1. The van der Waals surface area contributed by atoms with Gasteiger partial charge in [-0.05, 0) is 43.2 Å². The molecule has 0 spiro atoms. The number of benzene rings is 2. The number of carbonyl (C=O) groups is 1. The number of allylic oxidation sites excluding steroid dienone is 1. The van der Waals surface area contributed by atoms with E-state index < -0.39 is 5.97 Å². The van der Waals surface area contributed by atoms with E-state index in [0.717, 1.165) is 5.56 Å². The van der Waals surface area contributed by atoms with Gasteiger partial charge in [-0.2, -0.15) is 0 Å². The van der Waals surface area contributed by atoms with Crippen LogP contribution in [0.4, 0.5) is 0 Å². The Morgan fingerprint density at radius 1 is 1.15 bits per heavy atom. The van der Waals surface area contributed by atoms with E-state index in [2.05, 4.69) is 6.58 Å². The van der Waals surface area contributed by atoms with E-state index in [9.17, 15) is 9.59 Å². The molecule has 0 saturated carbocycles. The van der Waals surface area contributed by atoms with Crippen LogP contribution in [0.2, 0.25) is 0 Å². The summed E-state index contributed by atoms with van der Waals surface area (Å²) in [6.07, 6.45) is 5.71. The van der Waals surface area contributed by atoms with Gasteiger partial charge in [0.15, 0.2) is 5.43 Å². The Kier molecular flexibility index (Phi) is 5.67. The van der Waals surface area contributed by atoms with Gasteiger partial charge in [-0.3, -0.25) is 4.79 Å². The lowest BCUT2D eigenvalue weighted by Crippen LogP contribution is -2.12. The molecular formula is C23H20O4. The lowest BCUT2D eigenvalue weighted by Gasteiger charge is -2.07. The molecule has 0 bridgehead atoms. The Balaban J connectivity index is 2.11. The predicted octanol–water partition coefficient (Wildman–Crippen LogP) is 4.87. The van der Waals surface area contributed by atoms with E-state index in [-0.39, 0.29) is 12.0 Å². The van der Waals surface area contributed by atoms with Gasteiger partial charge in [-0.1, -0.05) is 42.5 Å². The second kappa shape index (κ2) is 8.32. The minimum absolute atomic E-state index is 0.171. The molecule has 0 amide bonds. The minimum Gasteiger partial charge on any atom is -0.462 e. The summed E-state index contributed by atoms with van der Waals surface area (Å²) >= 11 is 0. The summed E-state index contributed by atoms with van der Waals surface area (Å²) in [5.41, 5.74) is 2.09. The Morgan fingerprint density at radius 3 is 2.63 bits per heavy atom. The predicted molar refractivity (Wildman–Crippen MR) is 108 cm³/mol. The summed E-state index contributed by atoms with van der Waals surface area (Å²) in [6, 6.07) is 14.5. The molecule has 0 fully saturated rings. The molecule has 0 aliphatic rings. The van der Waals surface area contributed by atoms with Gasteiger partial charge in [0.2, 0.25) is 0 Å². The van der Waals surface area contributed by atoms with Gasteiger partial charge in [0, 0.05) is 5.56 Å². The lowest BCUT2D eigenvalue weighted by atomic mass is 10.0. The summed E-state index contributed by atoms with van der Waals surface area (Å²) in [7, 11) is 0. The van der Waals surface area contributed by atoms with Gasteiger partial charge in [-0.25, -0.2) is 4.79 Å². The van der Waals surface area contributed by atoms with Crippen LogP contribution in [0.5, 0.6) is 0 Å². The third kappa shape index (κ3) is 4.06. The molecule has 3 rings (SSSR count). The van der Waals surface area contributed by atoms with Crippen molar-refractivity contribution in [2.45, 2.75) is 13.3 Å². The van der Waals surface area contributed by atoms with E-state index in [0.29, 0.717) is 34.3 Å². The minimum atomic E-state index is -0.461. The largest absolute Gasteiger partial charge is 0.462 e. The van der Waals surface area contributed by atoms with E-state index in [1.807, 2.05) is 36.4 Å². The summed E-state index contributed by atoms with van der Waals surface area (Å²) in [5.74, 6) is 0.0252. The highest BCUT2D eigenvalue weighted by molar-refractivity contribution is 5.94. The molecule has 4 nitrogen and oxygen atoms in total. The fourth-order valence-corrected chi connectivity index (χ4v) is 2.80. The van der Waals surface area contributed by atoms with E-state index in [1.165, 1.54) is 6.07 Å². The SMILES string of the molecule is C=CCc1c(/C=C/c2ccccc2)oc2ccc(C(=O)OCC)cc2c1=O. The van der Waals surface area contributed by atoms with Crippen LogP contribution in [-0.4, -0.2) is 12.6 Å². The molecule has 0 aliphatic heterocycles. The second-order valence-electron chi connectivity index (χ2n) is 5.94. The van der Waals surface area contributed by atoms with Gasteiger partial charge in [0.25, 0.3) is 0 Å². The van der Waals surface area contributed by atoms with Crippen LogP contribution in [0.25, 0.3) is 23.1 Å². The summed E-state index contributed by atoms with van der Waals surface area (Å²) < 4.78 is 11.0. The molecule has 136 valence electrons. The van der Waals surface area contributed by atoms with Crippen LogP contribution >= 0.6 is 0 Å². The molecule has 1 heterocycles. The van der Waals surface area contributed by atoms with Gasteiger partial charge in [0.05, 0.1) is 17.6 Å². The zero-order chi connectivity index (χ0) is 19.2. The topological polar surface area (TPSA) is 56.5 Å². The maximum absolute atomic E-state index is 13.0. The normalized spacial score (nSPS) is 11.0. The average Bonchev–Trinajstić information content (AvgIpc) is 2.69. The number of carbonyl (C=O) groups excluding carboxylic acids is 1. The smallest absolute Gasteiger partial charge is 0.338 e. The van der Waals surface area contributed by atoms with Gasteiger partial charge >= 0.3 is 5.97 Å². The third-order valence-corrected chi connectivity index (χ3v) is 4.10. The van der Waals surface area contributed by atoms with Crippen molar-refractivity contribution >= 4 is 29.1 Å². The van der Waals surface area contributed by atoms with Crippen molar-refractivity contribution in [3.8, 4) is 0 Å². The Labute approximate surface area is 157 Å². The van der Waals surface area contributed by atoms with Crippen LogP contribution in [-0.2, 0) is 11.2 Å². The maximum Gasteiger partial charge on any atom is 0.338 e. The van der Waals surface area contributed by atoms with Crippen molar-refractivity contribution in [3.05, 3.63) is 93.9 Å². The molecule has 0 N–H and O–H groups in total. The molecule has 0 atom stereocenters. The van der Waals surface area contributed by atoms with E-state index in [4.69, 9.17) is 9.15 Å². The van der Waals surface area contributed by atoms with Crippen LogP contribution in [0.3, 0.4) is 0 Å². The molecule has 0 radical (unpaired) electrons. The van der Waals surface area contributed by atoms with Crippen LogP contribution in [0.1, 0.15) is 34.2 Å². The van der Waals surface area contributed by atoms with Crippen LogP contribution in [0.15, 0.2) is 70.4 Å². The number of fused-ring (bicyclic) bond motifs is 1. The first-order valence-electron chi connectivity index (χ1n) is 8.75. The first-order chi connectivity index (χ1) is 13.1. The van der Waals surface area contributed by atoms with Crippen LogP contribution in [0, 0.1) is 0 Å². The molecule has 0 aliphatic carbocycles. The Bertz CT molecular complexity index is 1060. The molecule has 0 unspecified atom stereocenters. The monoisotopic (exact) mass is 360 g/mol. The zero-order valence-corrected chi connectivity index (χ0v) is 15.1. The van der Waals surface area contributed by atoms with Gasteiger partial charge in [0.1, 0.15) is 11.3 Å². The first-order valence-corrected chi connectivity index (χ1v) is 8.75. The quantitative estimate of drug-likeness (QED) is 0.465. The number of esters is 1.